The lowest BCUT2D eigenvalue weighted by atomic mass is 9.83. The number of benzene rings is 1. The molecular weight excluding hydrogens is 300 g/mol. The molecule has 0 spiro atoms. The van der Waals surface area contributed by atoms with E-state index < -0.39 is 23.8 Å². The Kier molecular flexibility index (Phi) is 2.81. The summed E-state index contributed by atoms with van der Waals surface area (Å²) < 4.78 is 5.07. The van der Waals surface area contributed by atoms with Crippen LogP contribution in [0.25, 0.3) is 5.57 Å². The molecule has 4 rings (SSSR count). The van der Waals surface area contributed by atoms with E-state index in [-0.39, 0.29) is 6.42 Å². The number of thiophene rings is 1. The van der Waals surface area contributed by atoms with E-state index in [0.717, 1.165) is 16.0 Å². The summed E-state index contributed by atoms with van der Waals surface area (Å²) in [6.45, 7) is 4.10. The molecular formula is C17H14O4S. The smallest absolute Gasteiger partial charge is 0.343 e. The van der Waals surface area contributed by atoms with Gasteiger partial charge in [-0.3, -0.25) is 0 Å². The number of rotatable bonds is 2. The molecule has 0 radical (unpaired) electrons. The minimum atomic E-state index is -1.63. The van der Waals surface area contributed by atoms with Gasteiger partial charge in [0, 0.05) is 21.7 Å². The maximum Gasteiger partial charge on any atom is 0.343 e. The van der Waals surface area contributed by atoms with Gasteiger partial charge >= 0.3 is 5.97 Å². The first-order chi connectivity index (χ1) is 10.5. The fourth-order valence-electron chi connectivity index (χ4n) is 3.09. The maximum atomic E-state index is 11.9. The van der Waals surface area contributed by atoms with Crippen LogP contribution in [0.1, 0.15) is 33.4 Å². The number of aliphatic hydroxyl groups excluding tert-OH is 1. The number of ether oxygens (including phenoxy) is 1. The molecule has 2 bridgehead atoms. The lowest BCUT2D eigenvalue weighted by Gasteiger charge is -2.25. The molecule has 2 aromatic rings. The summed E-state index contributed by atoms with van der Waals surface area (Å²) in [5, 5.41) is 21.0. The van der Waals surface area contributed by atoms with Crippen molar-refractivity contribution in [2.75, 3.05) is 0 Å². The molecule has 5 heteroatoms. The summed E-state index contributed by atoms with van der Waals surface area (Å²) in [6.07, 6.45) is -1.45. The van der Waals surface area contributed by atoms with Crippen LogP contribution in [0.4, 0.5) is 0 Å². The molecule has 1 aliphatic carbocycles. The standard InChI is InChI=1S/C17H14O4S/c1-9(10-5-3-2-4-6-10)13-7-11-15(22-13)14(18)12-8-17(11,20)16(19)21-12/h2-7,12,14,18,20H,1,8H2/t12-,14+,17-/m1/s1. The Labute approximate surface area is 131 Å². The first-order valence-electron chi connectivity index (χ1n) is 7.01. The zero-order chi connectivity index (χ0) is 15.5. The minimum absolute atomic E-state index is 0.105. The second-order valence-corrected chi connectivity index (χ2v) is 6.77. The molecule has 2 aliphatic rings. The molecule has 2 N–H and O–H groups in total. The summed E-state index contributed by atoms with van der Waals surface area (Å²) in [4.78, 5) is 13.4. The molecule has 1 aliphatic heterocycles. The van der Waals surface area contributed by atoms with E-state index in [1.54, 1.807) is 6.07 Å². The van der Waals surface area contributed by atoms with E-state index >= 15 is 0 Å². The average Bonchev–Trinajstić information content (AvgIpc) is 3.08. The molecule has 112 valence electrons. The Morgan fingerprint density at radius 3 is 2.82 bits per heavy atom. The van der Waals surface area contributed by atoms with Gasteiger partial charge < -0.3 is 14.9 Å². The number of esters is 1. The topological polar surface area (TPSA) is 66.8 Å². The lowest BCUT2D eigenvalue weighted by molar-refractivity contribution is -0.156. The summed E-state index contributed by atoms with van der Waals surface area (Å²) in [5.74, 6) is -0.676. The van der Waals surface area contributed by atoms with Crippen molar-refractivity contribution in [2.45, 2.75) is 24.2 Å². The van der Waals surface area contributed by atoms with Gasteiger partial charge in [-0.1, -0.05) is 36.9 Å². The van der Waals surface area contributed by atoms with Crippen LogP contribution < -0.4 is 0 Å². The molecule has 1 saturated heterocycles. The summed E-state index contributed by atoms with van der Waals surface area (Å²) in [7, 11) is 0. The van der Waals surface area contributed by atoms with Crippen molar-refractivity contribution in [1.82, 2.24) is 0 Å². The fraction of sp³-hybridized carbons (Fsp3) is 0.235. The van der Waals surface area contributed by atoms with E-state index in [2.05, 4.69) is 6.58 Å². The Balaban J connectivity index is 1.81. The van der Waals surface area contributed by atoms with Crippen LogP contribution in [-0.2, 0) is 15.1 Å². The highest BCUT2D eigenvalue weighted by Crippen LogP contribution is 2.51. The van der Waals surface area contributed by atoms with Crippen LogP contribution in [0.3, 0.4) is 0 Å². The van der Waals surface area contributed by atoms with Crippen molar-refractivity contribution in [2.24, 2.45) is 0 Å². The quantitative estimate of drug-likeness (QED) is 0.835. The molecule has 1 aromatic carbocycles. The maximum absolute atomic E-state index is 11.9. The highest BCUT2D eigenvalue weighted by molar-refractivity contribution is 7.13. The summed E-state index contributed by atoms with van der Waals surface area (Å²) in [5.41, 5.74) is 0.594. The van der Waals surface area contributed by atoms with Gasteiger partial charge in [0.2, 0.25) is 0 Å². The highest BCUT2D eigenvalue weighted by atomic mass is 32.1. The molecule has 0 saturated carbocycles. The Morgan fingerprint density at radius 2 is 2.09 bits per heavy atom. The Bertz CT molecular complexity index is 779. The fourth-order valence-corrected chi connectivity index (χ4v) is 4.36. The van der Waals surface area contributed by atoms with Gasteiger partial charge in [-0.05, 0) is 17.2 Å². The lowest BCUT2D eigenvalue weighted by Crippen LogP contribution is -2.34. The van der Waals surface area contributed by atoms with E-state index in [1.807, 2.05) is 30.3 Å². The minimum Gasteiger partial charge on any atom is -0.457 e. The largest absolute Gasteiger partial charge is 0.457 e. The number of fused-ring (bicyclic) bond motifs is 4. The van der Waals surface area contributed by atoms with Crippen molar-refractivity contribution < 1.29 is 19.7 Å². The zero-order valence-corrected chi connectivity index (χ0v) is 12.5. The van der Waals surface area contributed by atoms with Gasteiger partial charge in [0.15, 0.2) is 5.60 Å². The van der Waals surface area contributed by atoms with E-state index in [4.69, 9.17) is 4.74 Å². The molecule has 4 nitrogen and oxygen atoms in total. The first-order valence-corrected chi connectivity index (χ1v) is 7.83. The van der Waals surface area contributed by atoms with Crippen molar-refractivity contribution >= 4 is 22.9 Å². The Hall–Kier alpha value is -1.95. The van der Waals surface area contributed by atoms with Crippen LogP contribution in [0, 0.1) is 0 Å². The second-order valence-electron chi connectivity index (χ2n) is 5.69. The monoisotopic (exact) mass is 314 g/mol. The number of hydrogen-bond donors (Lipinski definition) is 2. The molecule has 0 unspecified atom stereocenters. The number of hydrogen-bond acceptors (Lipinski definition) is 5. The highest BCUT2D eigenvalue weighted by Gasteiger charge is 2.57. The van der Waals surface area contributed by atoms with Gasteiger partial charge in [0.05, 0.1) is 0 Å². The van der Waals surface area contributed by atoms with Gasteiger partial charge in [-0.15, -0.1) is 11.3 Å². The average molecular weight is 314 g/mol. The van der Waals surface area contributed by atoms with Crippen LogP contribution in [0.5, 0.6) is 0 Å². The van der Waals surface area contributed by atoms with E-state index in [9.17, 15) is 15.0 Å². The van der Waals surface area contributed by atoms with Gasteiger partial charge in [0.25, 0.3) is 0 Å². The number of carbonyl (C=O) groups is 1. The zero-order valence-electron chi connectivity index (χ0n) is 11.7. The Morgan fingerprint density at radius 1 is 1.36 bits per heavy atom. The molecule has 3 atom stereocenters. The molecule has 1 fully saturated rings. The third kappa shape index (κ3) is 1.73. The number of carbonyl (C=O) groups excluding carboxylic acids is 1. The number of aliphatic hydroxyl groups is 2. The molecule has 0 amide bonds. The third-order valence-electron chi connectivity index (χ3n) is 4.34. The summed E-state index contributed by atoms with van der Waals surface area (Å²) in [6, 6.07) is 11.4. The van der Waals surface area contributed by atoms with E-state index in [0.29, 0.717) is 10.4 Å². The van der Waals surface area contributed by atoms with Gasteiger partial charge in [-0.2, -0.15) is 0 Å². The van der Waals surface area contributed by atoms with Gasteiger partial charge in [0.1, 0.15) is 12.2 Å². The summed E-state index contributed by atoms with van der Waals surface area (Å²) >= 11 is 1.35. The SMILES string of the molecule is C=C(c1ccccc1)c1cc2c(s1)[C@@H](O)[C@H]1C[C@]2(O)C(=O)O1. The van der Waals surface area contributed by atoms with Crippen LogP contribution in [0.15, 0.2) is 43.0 Å². The predicted octanol–water partition coefficient (Wildman–Crippen LogP) is 2.36. The van der Waals surface area contributed by atoms with Crippen molar-refractivity contribution in [3.63, 3.8) is 0 Å². The second kappa shape index (κ2) is 4.52. The first kappa shape index (κ1) is 13.7. The van der Waals surface area contributed by atoms with Crippen molar-refractivity contribution in [3.05, 3.63) is 63.9 Å². The normalized spacial score (nSPS) is 29.1. The van der Waals surface area contributed by atoms with Crippen molar-refractivity contribution in [3.8, 4) is 0 Å². The third-order valence-corrected chi connectivity index (χ3v) is 5.61. The van der Waals surface area contributed by atoms with Gasteiger partial charge in [-0.25, -0.2) is 4.79 Å². The molecule has 22 heavy (non-hydrogen) atoms. The van der Waals surface area contributed by atoms with Crippen LogP contribution in [0.2, 0.25) is 0 Å². The van der Waals surface area contributed by atoms with E-state index in [1.165, 1.54) is 11.3 Å². The van der Waals surface area contributed by atoms with Crippen molar-refractivity contribution in [1.29, 1.82) is 0 Å². The molecule has 1 aromatic heterocycles. The molecule has 2 heterocycles. The predicted molar refractivity (Wildman–Crippen MR) is 82.3 cm³/mol. The van der Waals surface area contributed by atoms with Crippen LogP contribution >= 0.6 is 11.3 Å². The van der Waals surface area contributed by atoms with Crippen LogP contribution in [-0.4, -0.2) is 22.3 Å².